The fourth-order valence-electron chi connectivity index (χ4n) is 6.04. The molecule has 0 bridgehead atoms. The van der Waals surface area contributed by atoms with Crippen molar-refractivity contribution in [1.82, 2.24) is 4.72 Å². The second kappa shape index (κ2) is 14.3. The lowest BCUT2D eigenvalue weighted by molar-refractivity contribution is -0.302. The van der Waals surface area contributed by atoms with Crippen LogP contribution in [-0.2, 0) is 37.1 Å². The average Bonchev–Trinajstić information content (AvgIpc) is 3.03. The zero-order chi connectivity index (χ0) is 33.8. The Morgan fingerprint density at radius 3 is 2.17 bits per heavy atom. The van der Waals surface area contributed by atoms with Gasteiger partial charge in [-0.2, -0.15) is 0 Å². The van der Waals surface area contributed by atoms with Crippen LogP contribution in [0.25, 0.3) is 0 Å². The van der Waals surface area contributed by atoms with Gasteiger partial charge in [0.1, 0.15) is 11.4 Å². The number of aliphatic hydroxyl groups is 1. The standard InChI is InChI=1S/C36H43FN2O7S/c1-35(2)45-23-36(42,24-46-35)21-20-26-6-10-28(11-7-26)33-31(18-19-32(40)27-12-14-29(37)15-13-27)34(41)39(33)30-16-8-25(9-17-30)5-4-22-38-47(3,43)44/h6-17,31,33,38,42H,4-5,18-24H2,1-3H3/t31-,33-/m1/s1. The Bertz CT molecular complexity index is 1650. The number of hydrogen-bond donors (Lipinski definition) is 2. The number of Topliss-reactive ketones (excluding diaryl/α,β-unsaturated/α-hetero) is 1. The van der Waals surface area contributed by atoms with E-state index in [4.69, 9.17) is 9.47 Å². The summed E-state index contributed by atoms with van der Waals surface area (Å²) in [6, 6.07) is 20.8. The molecule has 5 rings (SSSR count). The molecule has 0 radical (unpaired) electrons. The molecule has 2 aliphatic rings. The number of aryl methyl sites for hydroxylation is 2. The van der Waals surface area contributed by atoms with E-state index >= 15 is 0 Å². The maximum absolute atomic E-state index is 13.6. The summed E-state index contributed by atoms with van der Waals surface area (Å²) in [6.07, 6.45) is 4.06. The van der Waals surface area contributed by atoms with Gasteiger partial charge in [-0.3, -0.25) is 9.59 Å². The van der Waals surface area contributed by atoms with Crippen LogP contribution in [0.1, 0.15) is 72.6 Å². The molecule has 11 heteroatoms. The first-order chi connectivity index (χ1) is 22.2. The number of β-lactam (4-membered cyclic amide) rings is 1. The lowest BCUT2D eigenvalue weighted by Gasteiger charge is -2.47. The molecule has 1 amide bonds. The van der Waals surface area contributed by atoms with Crippen molar-refractivity contribution in [2.45, 2.75) is 69.8 Å². The highest BCUT2D eigenvalue weighted by Gasteiger charge is 2.48. The molecule has 252 valence electrons. The molecule has 0 saturated carbocycles. The Morgan fingerprint density at radius 2 is 1.55 bits per heavy atom. The summed E-state index contributed by atoms with van der Waals surface area (Å²) in [4.78, 5) is 28.3. The van der Waals surface area contributed by atoms with E-state index in [9.17, 15) is 27.5 Å². The number of sulfonamides is 1. The topological polar surface area (TPSA) is 122 Å². The first-order valence-corrected chi connectivity index (χ1v) is 17.9. The van der Waals surface area contributed by atoms with Crippen molar-refractivity contribution in [2.24, 2.45) is 5.92 Å². The fraction of sp³-hybridized carbons (Fsp3) is 0.444. The minimum Gasteiger partial charge on any atom is -0.385 e. The van der Waals surface area contributed by atoms with Crippen LogP contribution in [0.3, 0.4) is 0 Å². The number of amides is 1. The van der Waals surface area contributed by atoms with Crippen LogP contribution < -0.4 is 9.62 Å². The summed E-state index contributed by atoms with van der Waals surface area (Å²) in [7, 11) is -3.23. The number of nitrogens with zero attached hydrogens (tertiary/aromatic N) is 1. The molecule has 3 aromatic carbocycles. The van der Waals surface area contributed by atoms with Gasteiger partial charge in [-0.1, -0.05) is 36.4 Å². The van der Waals surface area contributed by atoms with Gasteiger partial charge in [0, 0.05) is 24.2 Å². The van der Waals surface area contributed by atoms with E-state index in [0.717, 1.165) is 28.6 Å². The SMILES string of the molecule is CC1(C)OCC(O)(CCc2ccc([C@@H]3[C@@H](CCC(=O)c4ccc(F)cc4)C(=O)N3c3ccc(CCCNS(C)(=O)=O)cc3)cc2)CO1. The van der Waals surface area contributed by atoms with Gasteiger partial charge < -0.3 is 19.5 Å². The third-order valence-electron chi connectivity index (χ3n) is 8.86. The molecule has 2 heterocycles. The summed E-state index contributed by atoms with van der Waals surface area (Å²) in [5.41, 5.74) is 3.08. The molecule has 2 N–H and O–H groups in total. The van der Waals surface area contributed by atoms with Gasteiger partial charge in [0.05, 0.1) is 31.4 Å². The number of ketones is 1. The summed E-state index contributed by atoms with van der Waals surface area (Å²) in [6.45, 7) is 4.39. The Morgan fingerprint density at radius 1 is 0.957 bits per heavy atom. The van der Waals surface area contributed by atoms with Crippen molar-refractivity contribution >= 4 is 27.4 Å². The van der Waals surface area contributed by atoms with Gasteiger partial charge in [0.2, 0.25) is 15.9 Å². The quantitative estimate of drug-likeness (QED) is 0.139. The molecule has 2 aliphatic heterocycles. The number of halogens is 1. The van der Waals surface area contributed by atoms with Crippen molar-refractivity contribution < 1.29 is 37.0 Å². The van der Waals surface area contributed by atoms with Gasteiger partial charge in [-0.15, -0.1) is 0 Å². The maximum atomic E-state index is 13.6. The normalized spacial score (nSPS) is 20.5. The van der Waals surface area contributed by atoms with Gasteiger partial charge in [0.15, 0.2) is 11.6 Å². The molecule has 9 nitrogen and oxygen atoms in total. The number of hydrogen-bond acceptors (Lipinski definition) is 7. The van der Waals surface area contributed by atoms with E-state index in [1.54, 1.807) is 4.90 Å². The van der Waals surface area contributed by atoms with Gasteiger partial charge in [-0.05, 0) is 99.0 Å². The molecule has 0 aliphatic carbocycles. The Labute approximate surface area is 276 Å². The summed E-state index contributed by atoms with van der Waals surface area (Å²) in [5.74, 6) is -1.74. The number of carbonyl (C=O) groups is 2. The number of rotatable bonds is 14. The molecule has 3 aromatic rings. The minimum atomic E-state index is -3.23. The predicted molar refractivity (Wildman–Crippen MR) is 177 cm³/mol. The number of carbonyl (C=O) groups excluding carboxylic acids is 2. The first kappa shape index (κ1) is 34.8. The van der Waals surface area contributed by atoms with E-state index in [0.29, 0.717) is 44.2 Å². The highest BCUT2D eigenvalue weighted by molar-refractivity contribution is 7.88. The second-order valence-electron chi connectivity index (χ2n) is 13.1. The smallest absolute Gasteiger partial charge is 0.233 e. The summed E-state index contributed by atoms with van der Waals surface area (Å²) < 4.78 is 49.8. The molecular weight excluding hydrogens is 623 g/mol. The van der Waals surface area contributed by atoms with Crippen LogP contribution in [0.4, 0.5) is 10.1 Å². The zero-order valence-electron chi connectivity index (χ0n) is 27.1. The molecule has 2 fully saturated rings. The van der Waals surface area contributed by atoms with Crippen molar-refractivity contribution in [1.29, 1.82) is 0 Å². The van der Waals surface area contributed by atoms with Gasteiger partial charge in [-0.25, -0.2) is 17.5 Å². The Balaban J connectivity index is 1.28. The highest BCUT2D eigenvalue weighted by Crippen LogP contribution is 2.46. The van der Waals surface area contributed by atoms with Crippen LogP contribution >= 0.6 is 0 Å². The number of nitrogens with one attached hydrogen (secondary N) is 1. The molecule has 47 heavy (non-hydrogen) atoms. The van der Waals surface area contributed by atoms with Crippen LogP contribution in [0.2, 0.25) is 0 Å². The second-order valence-corrected chi connectivity index (χ2v) is 14.9. The van der Waals surface area contributed by atoms with Crippen molar-refractivity contribution in [2.75, 3.05) is 30.9 Å². The lowest BCUT2D eigenvalue weighted by Crippen LogP contribution is -2.55. The Hall–Kier alpha value is -3.48. The molecule has 0 aromatic heterocycles. The van der Waals surface area contributed by atoms with Gasteiger partial charge >= 0.3 is 0 Å². The number of benzene rings is 3. The number of anilines is 1. The number of ether oxygens (including phenoxy) is 2. The van der Waals surface area contributed by atoms with E-state index in [1.807, 2.05) is 62.4 Å². The van der Waals surface area contributed by atoms with Crippen molar-refractivity contribution in [3.8, 4) is 0 Å². The first-order valence-electron chi connectivity index (χ1n) is 16.0. The molecular formula is C36H43FN2O7S. The highest BCUT2D eigenvalue weighted by atomic mass is 32.2. The minimum absolute atomic E-state index is 0.0708. The van der Waals surface area contributed by atoms with Crippen LogP contribution in [-0.4, -0.2) is 62.6 Å². The fourth-order valence-corrected chi connectivity index (χ4v) is 6.56. The van der Waals surface area contributed by atoms with Crippen molar-refractivity contribution in [3.05, 3.63) is 101 Å². The van der Waals surface area contributed by atoms with Gasteiger partial charge in [0.25, 0.3) is 0 Å². The maximum Gasteiger partial charge on any atom is 0.233 e. The Kier molecular flexibility index (Phi) is 10.6. The molecule has 0 spiro atoms. The molecule has 2 saturated heterocycles. The predicted octanol–water partition coefficient (Wildman–Crippen LogP) is 5.12. The van der Waals surface area contributed by atoms with Crippen molar-refractivity contribution in [3.63, 3.8) is 0 Å². The zero-order valence-corrected chi connectivity index (χ0v) is 27.9. The third-order valence-corrected chi connectivity index (χ3v) is 9.59. The molecule has 2 atom stereocenters. The van der Waals surface area contributed by atoms with E-state index < -0.39 is 33.1 Å². The van der Waals surface area contributed by atoms with Crippen LogP contribution in [0, 0.1) is 11.7 Å². The third kappa shape index (κ3) is 9.11. The summed E-state index contributed by atoms with van der Waals surface area (Å²) in [5, 5.41) is 10.9. The van der Waals surface area contributed by atoms with E-state index in [1.165, 1.54) is 24.3 Å². The largest absolute Gasteiger partial charge is 0.385 e. The summed E-state index contributed by atoms with van der Waals surface area (Å²) >= 11 is 0. The lowest BCUT2D eigenvalue weighted by atomic mass is 9.78. The average molecular weight is 667 g/mol. The molecule has 0 unspecified atom stereocenters. The van der Waals surface area contributed by atoms with Crippen LogP contribution in [0.15, 0.2) is 72.8 Å². The van der Waals surface area contributed by atoms with E-state index in [2.05, 4.69) is 4.72 Å². The van der Waals surface area contributed by atoms with E-state index in [-0.39, 0.29) is 37.4 Å². The monoisotopic (exact) mass is 666 g/mol. The van der Waals surface area contributed by atoms with Crippen LogP contribution in [0.5, 0.6) is 0 Å².